The van der Waals surface area contributed by atoms with Crippen molar-refractivity contribution in [2.24, 2.45) is 21.7 Å². The van der Waals surface area contributed by atoms with E-state index in [1.165, 1.54) is 0 Å². The molecule has 0 bridgehead atoms. The van der Waals surface area contributed by atoms with Crippen LogP contribution < -0.4 is 0 Å². The zero-order chi connectivity index (χ0) is 22.1. The lowest BCUT2D eigenvalue weighted by atomic mass is 9.45. The fourth-order valence-corrected chi connectivity index (χ4v) is 0. The van der Waals surface area contributed by atoms with E-state index < -0.39 is 5.21 Å². The second-order valence-corrected chi connectivity index (χ2v) is 12.4. The first kappa shape index (κ1) is 32.9. The lowest BCUT2D eigenvalue weighted by Gasteiger charge is -2.36. The third kappa shape index (κ3) is 51.6. The molecule has 0 saturated heterocycles. The molecule has 0 N–H and O–H groups in total. The highest BCUT2D eigenvalue weighted by atomic mass is 14.2. The van der Waals surface area contributed by atoms with Crippen LogP contribution >= 0.6 is 0 Å². The van der Waals surface area contributed by atoms with Crippen LogP contribution in [0.4, 0.5) is 0 Å². The molecule has 0 unspecified atom stereocenters. The van der Waals surface area contributed by atoms with Crippen LogP contribution in [0, 0.1) is 21.7 Å². The lowest BCUT2D eigenvalue weighted by Crippen LogP contribution is -2.26. The second kappa shape index (κ2) is 11.9. The van der Waals surface area contributed by atoms with Gasteiger partial charge in [0.05, 0.1) is 31.4 Å². The van der Waals surface area contributed by atoms with Crippen molar-refractivity contribution in [3.05, 3.63) is 0 Å². The fourth-order valence-electron chi connectivity index (χ4n) is 0. The predicted octanol–water partition coefficient (Wildman–Crippen LogP) is 6.73. The summed E-state index contributed by atoms with van der Waals surface area (Å²) < 4.78 is 0. The average Bonchev–Trinajstić information content (AvgIpc) is 2.06. The molecule has 0 atom stereocenters. The van der Waals surface area contributed by atoms with E-state index in [2.05, 4.69) is 55.4 Å². The SMILES string of the molecule is CC(C)(C)C.CC(C)(C)C.[B]C([B])(C)C(C)(C)C.[B]C([B])C(C)(C)C. The van der Waals surface area contributed by atoms with E-state index in [1.54, 1.807) is 0 Å². The van der Waals surface area contributed by atoms with Crippen LogP contribution in [0.3, 0.4) is 0 Å². The zero-order valence-electron chi connectivity index (χ0n) is 20.4. The molecule has 0 heterocycles. The molecule has 4 heteroatoms. The van der Waals surface area contributed by atoms with Gasteiger partial charge in [0.1, 0.15) is 0 Å². The van der Waals surface area contributed by atoms with Gasteiger partial charge in [-0.15, -0.1) is 5.72 Å². The first-order chi connectivity index (χ1) is 10.2. The summed E-state index contributed by atoms with van der Waals surface area (Å²) >= 11 is 0. The Hall–Kier alpha value is 0.260. The van der Waals surface area contributed by atoms with Gasteiger partial charge in [0, 0.05) is 0 Å². The van der Waals surface area contributed by atoms with Crippen molar-refractivity contribution in [2.45, 2.75) is 115 Å². The van der Waals surface area contributed by atoms with E-state index in [0.29, 0.717) is 10.8 Å². The van der Waals surface area contributed by atoms with Crippen molar-refractivity contribution in [3.63, 3.8) is 0 Å². The van der Waals surface area contributed by atoms with Crippen molar-refractivity contribution in [3.8, 4) is 0 Å². The number of hydrogen-bond acceptors (Lipinski definition) is 0. The highest BCUT2D eigenvalue weighted by Gasteiger charge is 2.25. The van der Waals surface area contributed by atoms with Gasteiger partial charge in [0.2, 0.25) is 0 Å². The molecule has 0 aliphatic rings. The minimum absolute atomic E-state index is 0.00694. The highest BCUT2D eigenvalue weighted by Crippen LogP contribution is 2.37. The van der Waals surface area contributed by atoms with E-state index in [4.69, 9.17) is 31.4 Å². The Balaban J connectivity index is -0.000000120. The fraction of sp³-hybridized carbons (Fsp3) is 1.00. The first-order valence-electron chi connectivity index (χ1n) is 9.28. The van der Waals surface area contributed by atoms with Crippen LogP contribution in [0.5, 0.6) is 0 Å². The van der Waals surface area contributed by atoms with Crippen LogP contribution in [0.1, 0.15) is 104 Å². The molecule has 0 aromatic heterocycles. The maximum Gasteiger partial charge on any atom is 0.0623 e. The largest absolute Gasteiger partial charge is 0.105 e. The Morgan fingerprint density at radius 3 is 0.560 bits per heavy atom. The summed E-state index contributed by atoms with van der Waals surface area (Å²) in [4.78, 5) is 0. The Labute approximate surface area is 168 Å². The van der Waals surface area contributed by atoms with Gasteiger partial charge < -0.3 is 0 Å². The quantitative estimate of drug-likeness (QED) is 0.429. The maximum absolute atomic E-state index is 5.59. The van der Waals surface area contributed by atoms with Crippen molar-refractivity contribution >= 4 is 31.4 Å². The molecule has 142 valence electrons. The van der Waals surface area contributed by atoms with Crippen molar-refractivity contribution in [2.75, 3.05) is 0 Å². The minimum Gasteiger partial charge on any atom is -0.105 e. The number of hydrogen-bond donors (Lipinski definition) is 0. The third-order valence-electron chi connectivity index (χ3n) is 2.62. The summed E-state index contributed by atoms with van der Waals surface area (Å²) in [5.74, 6) is 0. The predicted molar refractivity (Wildman–Crippen MR) is 124 cm³/mol. The van der Waals surface area contributed by atoms with Crippen molar-refractivity contribution < 1.29 is 0 Å². The molecule has 0 spiro atoms. The molecule has 8 radical (unpaired) electrons. The molecule has 0 aromatic rings. The summed E-state index contributed by atoms with van der Waals surface area (Å²) in [5.41, 5.74) is 0.847. The molecule has 0 rings (SSSR count). The van der Waals surface area contributed by atoms with Crippen LogP contribution in [0.25, 0.3) is 0 Å². The Kier molecular flexibility index (Phi) is 15.6. The van der Waals surface area contributed by atoms with Gasteiger partial charge in [-0.05, 0) is 16.2 Å². The molecular weight excluding hydrogens is 295 g/mol. The molecule has 0 aliphatic heterocycles. The van der Waals surface area contributed by atoms with Gasteiger partial charge in [0.15, 0.2) is 0 Å². The van der Waals surface area contributed by atoms with E-state index in [1.807, 2.05) is 48.5 Å². The molecule has 0 aliphatic carbocycles. The molecular formula is C21H46B4. The van der Waals surface area contributed by atoms with Gasteiger partial charge in [-0.2, -0.15) is 0 Å². The third-order valence-corrected chi connectivity index (χ3v) is 2.62. The Bertz CT molecular complexity index is 263. The Morgan fingerprint density at radius 1 is 0.480 bits per heavy atom. The molecule has 0 aromatic carbocycles. The number of rotatable bonds is 0. The standard InChI is InChI=1S/C6H12B2.C5H10B2.2C5H12/c1-5(2,3)6(4,7)8;1-5(2,3)4(6)7;2*1-5(2,3)4/h1-4H3;4H,1-3H3;2*1-4H3. The summed E-state index contributed by atoms with van der Waals surface area (Å²) in [6, 6.07) is 0. The molecule has 0 amide bonds. The van der Waals surface area contributed by atoms with Gasteiger partial charge in [-0.25, -0.2) is 0 Å². The van der Waals surface area contributed by atoms with Crippen molar-refractivity contribution in [1.82, 2.24) is 0 Å². The molecule has 0 nitrogen and oxygen atoms in total. The van der Waals surface area contributed by atoms with E-state index in [-0.39, 0.29) is 16.5 Å². The smallest absolute Gasteiger partial charge is 0.0623 e. The van der Waals surface area contributed by atoms with Crippen LogP contribution in [-0.2, 0) is 0 Å². The maximum atomic E-state index is 5.59. The Morgan fingerprint density at radius 2 is 0.560 bits per heavy atom. The van der Waals surface area contributed by atoms with Crippen LogP contribution in [0.2, 0.25) is 10.9 Å². The van der Waals surface area contributed by atoms with Gasteiger partial charge >= 0.3 is 0 Å². The minimum atomic E-state index is -0.562. The van der Waals surface area contributed by atoms with E-state index >= 15 is 0 Å². The van der Waals surface area contributed by atoms with E-state index in [9.17, 15) is 0 Å². The lowest BCUT2D eigenvalue weighted by molar-refractivity contribution is 0.363. The van der Waals surface area contributed by atoms with Crippen LogP contribution in [0.15, 0.2) is 0 Å². The molecule has 25 heavy (non-hydrogen) atoms. The summed E-state index contributed by atoms with van der Waals surface area (Å²) in [6.45, 7) is 31.4. The second-order valence-electron chi connectivity index (χ2n) is 12.4. The average molecular weight is 342 g/mol. The van der Waals surface area contributed by atoms with Gasteiger partial charge in [0.25, 0.3) is 0 Å². The zero-order valence-corrected chi connectivity index (χ0v) is 20.4. The monoisotopic (exact) mass is 342 g/mol. The summed E-state index contributed by atoms with van der Waals surface area (Å²) in [5, 5.41) is -0.562. The summed E-state index contributed by atoms with van der Waals surface area (Å²) in [6.07, 6.45) is 0. The van der Waals surface area contributed by atoms with Gasteiger partial charge in [-0.1, -0.05) is 114 Å². The van der Waals surface area contributed by atoms with E-state index in [0.717, 1.165) is 0 Å². The highest BCUT2D eigenvalue weighted by molar-refractivity contribution is 6.40. The summed E-state index contributed by atoms with van der Waals surface area (Å²) in [7, 11) is 21.9. The molecule has 0 saturated carbocycles. The first-order valence-corrected chi connectivity index (χ1v) is 9.28. The van der Waals surface area contributed by atoms with Crippen molar-refractivity contribution in [1.29, 1.82) is 0 Å². The van der Waals surface area contributed by atoms with Crippen LogP contribution in [-0.4, -0.2) is 31.4 Å². The topological polar surface area (TPSA) is 0 Å². The normalized spacial score (nSPS) is 12.8. The van der Waals surface area contributed by atoms with Gasteiger partial charge in [-0.3, -0.25) is 0 Å². The molecule has 0 fully saturated rings.